The maximum atomic E-state index is 4.54. The molecule has 0 fully saturated rings. The topological polar surface area (TPSA) is 55.6 Å². The van der Waals surface area contributed by atoms with E-state index < -0.39 is 0 Å². The van der Waals surface area contributed by atoms with E-state index in [1.54, 1.807) is 6.20 Å². The first kappa shape index (κ1) is 15.3. The number of aromatic nitrogens is 4. The van der Waals surface area contributed by atoms with Gasteiger partial charge in [-0.15, -0.1) is 5.10 Å². The van der Waals surface area contributed by atoms with Crippen molar-refractivity contribution >= 4 is 16.9 Å². The van der Waals surface area contributed by atoms with Crippen LogP contribution in [0.4, 0.5) is 5.95 Å². The largest absolute Gasteiger partial charge is 0.353 e. The molecule has 0 radical (unpaired) electrons. The lowest BCUT2D eigenvalue weighted by Crippen LogP contribution is -2.09. The molecule has 0 amide bonds. The van der Waals surface area contributed by atoms with Crippen molar-refractivity contribution in [2.45, 2.75) is 13.0 Å². The molecule has 124 valence electrons. The fourth-order valence-electron chi connectivity index (χ4n) is 2.91. The van der Waals surface area contributed by atoms with Crippen molar-refractivity contribution in [3.8, 4) is 11.3 Å². The Morgan fingerprint density at radius 2 is 1.76 bits per heavy atom. The molecule has 0 atom stereocenters. The maximum absolute atomic E-state index is 4.54. The number of hydrogen-bond acceptors (Lipinski definition) is 4. The Kier molecular flexibility index (Phi) is 4.37. The van der Waals surface area contributed by atoms with Gasteiger partial charge in [-0.1, -0.05) is 48.5 Å². The van der Waals surface area contributed by atoms with Gasteiger partial charge >= 0.3 is 0 Å². The normalized spacial score (nSPS) is 10.9. The van der Waals surface area contributed by atoms with E-state index in [4.69, 9.17) is 0 Å². The minimum atomic E-state index is 0.568. The lowest BCUT2D eigenvalue weighted by atomic mass is 10.2. The van der Waals surface area contributed by atoms with Gasteiger partial charge in [0.2, 0.25) is 5.95 Å². The molecule has 2 heterocycles. The Morgan fingerprint density at radius 3 is 2.68 bits per heavy atom. The summed E-state index contributed by atoms with van der Waals surface area (Å²) in [5.41, 5.74) is 3.14. The second-order valence-corrected chi connectivity index (χ2v) is 5.88. The van der Waals surface area contributed by atoms with Crippen LogP contribution in [0.25, 0.3) is 22.2 Å². The molecule has 25 heavy (non-hydrogen) atoms. The van der Waals surface area contributed by atoms with Crippen LogP contribution in [-0.4, -0.2) is 26.3 Å². The number of anilines is 1. The third kappa shape index (κ3) is 3.50. The molecule has 0 unspecified atom stereocenters. The highest BCUT2D eigenvalue weighted by Crippen LogP contribution is 2.16. The van der Waals surface area contributed by atoms with Crippen molar-refractivity contribution in [2.75, 3.05) is 11.9 Å². The summed E-state index contributed by atoms with van der Waals surface area (Å²) < 4.78 is 2.27. The number of nitrogens with zero attached hydrogens (tertiary/aromatic N) is 4. The zero-order chi connectivity index (χ0) is 16.9. The molecule has 0 aliphatic carbocycles. The first-order chi connectivity index (χ1) is 12.4. The molecule has 0 saturated carbocycles. The van der Waals surface area contributed by atoms with Crippen molar-refractivity contribution in [2.24, 2.45) is 0 Å². The van der Waals surface area contributed by atoms with Gasteiger partial charge in [-0.3, -0.25) is 0 Å². The number of hydrogen-bond donors (Lipinski definition) is 1. The molecule has 0 aliphatic rings. The summed E-state index contributed by atoms with van der Waals surface area (Å²) in [6.07, 6.45) is 4.81. The van der Waals surface area contributed by atoms with Crippen molar-refractivity contribution in [3.63, 3.8) is 0 Å². The third-order valence-electron chi connectivity index (χ3n) is 4.17. The van der Waals surface area contributed by atoms with Crippen LogP contribution in [0.2, 0.25) is 0 Å². The molecule has 0 saturated heterocycles. The monoisotopic (exact) mass is 329 g/mol. The minimum Gasteiger partial charge on any atom is -0.353 e. The van der Waals surface area contributed by atoms with Gasteiger partial charge in [-0.2, -0.15) is 5.10 Å². The van der Waals surface area contributed by atoms with Crippen molar-refractivity contribution in [1.29, 1.82) is 0 Å². The van der Waals surface area contributed by atoms with Crippen LogP contribution < -0.4 is 5.32 Å². The fourth-order valence-corrected chi connectivity index (χ4v) is 2.91. The smallest absolute Gasteiger partial charge is 0.243 e. The lowest BCUT2D eigenvalue weighted by Gasteiger charge is -2.07. The Labute approximate surface area is 146 Å². The van der Waals surface area contributed by atoms with E-state index in [2.05, 4.69) is 61.6 Å². The Hall–Kier alpha value is -3.21. The number of rotatable bonds is 6. The zero-order valence-electron chi connectivity index (χ0n) is 13.8. The van der Waals surface area contributed by atoms with Gasteiger partial charge < -0.3 is 9.88 Å². The second-order valence-electron chi connectivity index (χ2n) is 5.88. The lowest BCUT2D eigenvalue weighted by molar-refractivity contribution is 0.680. The minimum absolute atomic E-state index is 0.568. The maximum Gasteiger partial charge on any atom is 0.243 e. The Bertz CT molecular complexity index is 962. The molecule has 0 bridgehead atoms. The van der Waals surface area contributed by atoms with Gasteiger partial charge in [-0.05, 0) is 23.9 Å². The summed E-state index contributed by atoms with van der Waals surface area (Å²) in [5.74, 6) is 0.568. The zero-order valence-corrected chi connectivity index (χ0v) is 13.8. The molecule has 5 nitrogen and oxygen atoms in total. The Balaban J connectivity index is 1.36. The van der Waals surface area contributed by atoms with Crippen LogP contribution in [-0.2, 0) is 6.54 Å². The van der Waals surface area contributed by atoms with Crippen LogP contribution >= 0.6 is 0 Å². The molecule has 5 heteroatoms. The highest BCUT2D eigenvalue weighted by molar-refractivity contribution is 5.79. The van der Waals surface area contributed by atoms with Gasteiger partial charge in [0, 0.05) is 30.4 Å². The summed E-state index contributed by atoms with van der Waals surface area (Å²) in [7, 11) is 0. The van der Waals surface area contributed by atoms with E-state index in [1.165, 1.54) is 10.9 Å². The van der Waals surface area contributed by atoms with Crippen molar-refractivity contribution < 1.29 is 0 Å². The molecule has 1 N–H and O–H groups in total. The van der Waals surface area contributed by atoms with Gasteiger partial charge in [0.15, 0.2) is 0 Å². The highest BCUT2D eigenvalue weighted by Gasteiger charge is 2.03. The van der Waals surface area contributed by atoms with Gasteiger partial charge in [0.05, 0.1) is 11.9 Å². The third-order valence-corrected chi connectivity index (χ3v) is 4.17. The molecular weight excluding hydrogens is 310 g/mol. The number of para-hydroxylation sites is 1. The molecule has 2 aromatic carbocycles. The van der Waals surface area contributed by atoms with Crippen LogP contribution in [0.1, 0.15) is 6.42 Å². The van der Waals surface area contributed by atoms with Crippen LogP contribution in [0.3, 0.4) is 0 Å². The fraction of sp³-hybridized carbons (Fsp3) is 0.150. The van der Waals surface area contributed by atoms with Gasteiger partial charge in [-0.25, -0.2) is 4.98 Å². The standard InChI is InChI=1S/C20H19N5/c1-2-7-16(8-3-1)18-15-22-24-20(23-18)21-12-6-13-25-14-11-17-9-4-5-10-19(17)25/h1-5,7-11,14-15H,6,12-13H2,(H,21,23,24). The molecule has 4 aromatic rings. The van der Waals surface area contributed by atoms with E-state index in [-0.39, 0.29) is 0 Å². The average Bonchev–Trinajstić information content (AvgIpc) is 3.09. The van der Waals surface area contributed by atoms with E-state index in [1.807, 2.05) is 30.3 Å². The van der Waals surface area contributed by atoms with Crippen LogP contribution in [0.5, 0.6) is 0 Å². The average molecular weight is 329 g/mol. The molecule has 2 aromatic heterocycles. The summed E-state index contributed by atoms with van der Waals surface area (Å²) in [5, 5.41) is 12.7. The van der Waals surface area contributed by atoms with E-state index in [9.17, 15) is 0 Å². The first-order valence-corrected chi connectivity index (χ1v) is 8.43. The molecule has 4 rings (SSSR count). The number of fused-ring (bicyclic) bond motifs is 1. The van der Waals surface area contributed by atoms with E-state index in [0.717, 1.165) is 30.8 Å². The molecule has 0 aliphatic heterocycles. The number of aryl methyl sites for hydroxylation is 1. The molecule has 0 spiro atoms. The van der Waals surface area contributed by atoms with E-state index >= 15 is 0 Å². The van der Waals surface area contributed by atoms with Crippen LogP contribution in [0, 0.1) is 0 Å². The first-order valence-electron chi connectivity index (χ1n) is 8.43. The second kappa shape index (κ2) is 7.13. The van der Waals surface area contributed by atoms with Crippen molar-refractivity contribution in [3.05, 3.63) is 73.1 Å². The van der Waals surface area contributed by atoms with Crippen LogP contribution in [0.15, 0.2) is 73.1 Å². The predicted molar refractivity (Wildman–Crippen MR) is 100 cm³/mol. The summed E-state index contributed by atoms with van der Waals surface area (Å²) in [4.78, 5) is 4.54. The summed E-state index contributed by atoms with van der Waals surface area (Å²) in [6.45, 7) is 1.75. The quantitative estimate of drug-likeness (QED) is 0.543. The molecular formula is C20H19N5. The number of nitrogens with one attached hydrogen (secondary N) is 1. The highest BCUT2D eigenvalue weighted by atomic mass is 15.2. The summed E-state index contributed by atoms with van der Waals surface area (Å²) >= 11 is 0. The SMILES string of the molecule is c1ccc(-c2cnnc(NCCCn3ccc4ccccc43)n2)cc1. The van der Waals surface area contributed by atoms with Crippen molar-refractivity contribution in [1.82, 2.24) is 19.7 Å². The number of benzene rings is 2. The summed E-state index contributed by atoms with van der Waals surface area (Å²) in [6, 6.07) is 20.6. The van der Waals surface area contributed by atoms with Gasteiger partial charge in [0.1, 0.15) is 0 Å². The Morgan fingerprint density at radius 1 is 0.920 bits per heavy atom. The van der Waals surface area contributed by atoms with Gasteiger partial charge in [0.25, 0.3) is 0 Å². The van der Waals surface area contributed by atoms with E-state index in [0.29, 0.717) is 5.95 Å². The predicted octanol–water partition coefficient (Wildman–Crippen LogP) is 4.00.